The molecule has 1 saturated carbocycles. The first-order valence-electron chi connectivity index (χ1n) is 6.70. The number of hydrogen-bond donors (Lipinski definition) is 1. The normalized spacial score (nSPS) is 32.2. The van der Waals surface area contributed by atoms with E-state index in [2.05, 4.69) is 24.0 Å². The highest BCUT2D eigenvalue weighted by atomic mass is 16.5. The van der Waals surface area contributed by atoms with E-state index >= 15 is 0 Å². The molecular weight excluding hydrogens is 244 g/mol. The second-order valence-corrected chi connectivity index (χ2v) is 6.23. The maximum atomic E-state index is 11.3. The predicted octanol–water partition coefficient (Wildman–Crippen LogP) is 2.72. The van der Waals surface area contributed by atoms with E-state index in [4.69, 9.17) is 4.52 Å². The molecule has 5 nitrogen and oxygen atoms in total. The van der Waals surface area contributed by atoms with Crippen molar-refractivity contribution in [3.8, 4) is 0 Å². The number of carboxylic acid groups (broad SMARTS) is 1. The lowest BCUT2D eigenvalue weighted by atomic mass is 9.83. The molecule has 3 atom stereocenters. The Hall–Kier alpha value is -1.65. The van der Waals surface area contributed by atoms with Crippen LogP contribution in [0, 0.1) is 11.3 Å². The summed E-state index contributed by atoms with van der Waals surface area (Å²) in [6, 6.07) is 0. The molecule has 3 unspecified atom stereocenters. The lowest BCUT2D eigenvalue weighted by Crippen LogP contribution is -2.23. The minimum atomic E-state index is -0.791. The Bertz CT molecular complexity index is 533. The number of hydrogen-bond acceptors (Lipinski definition) is 4. The summed E-state index contributed by atoms with van der Waals surface area (Å²) in [5.41, 5.74) is 0.250. The average Bonchev–Trinajstić information content (AvgIpc) is 2.82. The van der Waals surface area contributed by atoms with Crippen LogP contribution < -0.4 is 0 Å². The molecule has 1 aromatic heterocycles. The van der Waals surface area contributed by atoms with E-state index in [1.165, 1.54) is 0 Å². The number of aliphatic carboxylic acids is 1. The van der Waals surface area contributed by atoms with E-state index in [9.17, 15) is 9.90 Å². The standard InChI is InChI=1S/C14H18N2O3/c1-14(2)7-10(14)11-15-12(19-16-11)8-5-3-4-6-9(8)13(17)18/h3-4,8-10H,5-7H2,1-2H3,(H,17,18). The molecule has 1 N–H and O–H groups in total. The van der Waals surface area contributed by atoms with Crippen LogP contribution in [-0.4, -0.2) is 21.2 Å². The van der Waals surface area contributed by atoms with Gasteiger partial charge in [0.1, 0.15) is 0 Å². The van der Waals surface area contributed by atoms with Crippen molar-refractivity contribution in [3.05, 3.63) is 23.9 Å². The quantitative estimate of drug-likeness (QED) is 0.847. The van der Waals surface area contributed by atoms with Crippen LogP contribution in [0.3, 0.4) is 0 Å². The third-order valence-electron chi connectivity index (χ3n) is 4.35. The van der Waals surface area contributed by atoms with Gasteiger partial charge in [0.2, 0.25) is 5.89 Å². The van der Waals surface area contributed by atoms with E-state index in [0.717, 1.165) is 12.2 Å². The Balaban J connectivity index is 1.82. The van der Waals surface area contributed by atoms with Gasteiger partial charge in [-0.25, -0.2) is 0 Å². The number of rotatable bonds is 3. The van der Waals surface area contributed by atoms with Crippen LogP contribution in [0.5, 0.6) is 0 Å². The van der Waals surface area contributed by atoms with Gasteiger partial charge in [-0.1, -0.05) is 31.2 Å². The molecule has 5 heteroatoms. The molecule has 0 amide bonds. The average molecular weight is 262 g/mol. The van der Waals surface area contributed by atoms with Crippen molar-refractivity contribution in [1.29, 1.82) is 0 Å². The third kappa shape index (κ3) is 2.17. The summed E-state index contributed by atoms with van der Waals surface area (Å²) >= 11 is 0. The molecule has 19 heavy (non-hydrogen) atoms. The first-order chi connectivity index (χ1) is 8.99. The van der Waals surface area contributed by atoms with Crippen molar-refractivity contribution in [2.24, 2.45) is 11.3 Å². The van der Waals surface area contributed by atoms with Gasteiger partial charge in [0.25, 0.3) is 0 Å². The van der Waals surface area contributed by atoms with E-state index in [1.807, 2.05) is 12.2 Å². The van der Waals surface area contributed by atoms with Crippen molar-refractivity contribution < 1.29 is 14.4 Å². The van der Waals surface area contributed by atoms with E-state index in [1.54, 1.807) is 0 Å². The summed E-state index contributed by atoms with van der Waals surface area (Å²) in [5.74, 6) is 0.137. The summed E-state index contributed by atoms with van der Waals surface area (Å²) in [5, 5.41) is 13.3. The topological polar surface area (TPSA) is 76.2 Å². The monoisotopic (exact) mass is 262 g/mol. The lowest BCUT2D eigenvalue weighted by Gasteiger charge is -2.21. The van der Waals surface area contributed by atoms with Gasteiger partial charge in [-0.15, -0.1) is 0 Å². The Labute approximate surface area is 111 Å². The molecule has 0 radical (unpaired) electrons. The number of carbonyl (C=O) groups is 1. The van der Waals surface area contributed by atoms with Gasteiger partial charge in [-0.2, -0.15) is 4.98 Å². The number of allylic oxidation sites excluding steroid dienone is 2. The predicted molar refractivity (Wildman–Crippen MR) is 67.7 cm³/mol. The number of nitrogens with zero attached hydrogens (tertiary/aromatic N) is 2. The molecule has 1 aromatic rings. The van der Waals surface area contributed by atoms with Gasteiger partial charge >= 0.3 is 5.97 Å². The molecule has 0 saturated heterocycles. The van der Waals surface area contributed by atoms with E-state index in [-0.39, 0.29) is 11.3 Å². The minimum absolute atomic E-state index is 0.189. The van der Waals surface area contributed by atoms with Gasteiger partial charge < -0.3 is 9.63 Å². The zero-order chi connectivity index (χ0) is 13.6. The Morgan fingerprint density at radius 2 is 2.11 bits per heavy atom. The van der Waals surface area contributed by atoms with Crippen molar-refractivity contribution in [3.63, 3.8) is 0 Å². The summed E-state index contributed by atoms with van der Waals surface area (Å²) in [6.45, 7) is 4.36. The maximum Gasteiger partial charge on any atom is 0.307 e. The Morgan fingerprint density at radius 3 is 2.74 bits per heavy atom. The SMILES string of the molecule is CC1(C)CC1c1noc(C2CC=CCC2C(=O)O)n1. The molecule has 2 aliphatic rings. The van der Waals surface area contributed by atoms with Crippen LogP contribution in [0.2, 0.25) is 0 Å². The van der Waals surface area contributed by atoms with E-state index in [0.29, 0.717) is 24.7 Å². The summed E-state index contributed by atoms with van der Waals surface area (Å²) in [4.78, 5) is 15.7. The van der Waals surface area contributed by atoms with Crippen LogP contribution in [0.15, 0.2) is 16.7 Å². The van der Waals surface area contributed by atoms with Crippen LogP contribution in [-0.2, 0) is 4.79 Å². The van der Waals surface area contributed by atoms with Crippen LogP contribution in [0.25, 0.3) is 0 Å². The number of aromatic nitrogens is 2. The van der Waals surface area contributed by atoms with Gasteiger partial charge in [0.15, 0.2) is 5.82 Å². The smallest absolute Gasteiger partial charge is 0.307 e. The van der Waals surface area contributed by atoms with Crippen molar-refractivity contribution in [2.45, 2.75) is 44.9 Å². The number of carboxylic acids is 1. The van der Waals surface area contributed by atoms with Crippen LogP contribution in [0.1, 0.15) is 56.7 Å². The largest absolute Gasteiger partial charge is 0.481 e. The fourth-order valence-electron chi connectivity index (χ4n) is 2.81. The highest BCUT2D eigenvalue weighted by molar-refractivity contribution is 5.71. The third-order valence-corrected chi connectivity index (χ3v) is 4.35. The van der Waals surface area contributed by atoms with Gasteiger partial charge in [0, 0.05) is 5.92 Å². The van der Waals surface area contributed by atoms with Gasteiger partial charge in [0.05, 0.1) is 11.8 Å². The zero-order valence-electron chi connectivity index (χ0n) is 11.2. The van der Waals surface area contributed by atoms with Crippen molar-refractivity contribution in [2.75, 3.05) is 0 Å². The molecule has 0 bridgehead atoms. The Kier molecular flexibility index (Phi) is 2.73. The van der Waals surface area contributed by atoms with Gasteiger partial charge in [-0.05, 0) is 24.7 Å². The van der Waals surface area contributed by atoms with Crippen molar-refractivity contribution in [1.82, 2.24) is 10.1 Å². The second kappa shape index (κ2) is 4.18. The molecule has 0 aromatic carbocycles. The molecule has 1 fully saturated rings. The fourth-order valence-corrected chi connectivity index (χ4v) is 2.81. The molecule has 2 aliphatic carbocycles. The lowest BCUT2D eigenvalue weighted by molar-refractivity contribution is -0.142. The molecule has 0 aliphatic heterocycles. The second-order valence-electron chi connectivity index (χ2n) is 6.23. The first kappa shape index (κ1) is 12.4. The highest BCUT2D eigenvalue weighted by Crippen LogP contribution is 2.57. The molecule has 3 rings (SSSR count). The molecule has 102 valence electrons. The maximum absolute atomic E-state index is 11.3. The van der Waals surface area contributed by atoms with Gasteiger partial charge in [-0.3, -0.25) is 4.79 Å². The summed E-state index contributed by atoms with van der Waals surface area (Å²) in [7, 11) is 0. The molecule has 1 heterocycles. The molecular formula is C14H18N2O3. The highest BCUT2D eigenvalue weighted by Gasteiger charge is 2.50. The van der Waals surface area contributed by atoms with E-state index < -0.39 is 11.9 Å². The van der Waals surface area contributed by atoms with Crippen molar-refractivity contribution >= 4 is 5.97 Å². The summed E-state index contributed by atoms with van der Waals surface area (Å²) in [6.07, 6.45) is 6.17. The fraction of sp³-hybridized carbons (Fsp3) is 0.643. The van der Waals surface area contributed by atoms with Crippen LogP contribution in [0.4, 0.5) is 0 Å². The molecule has 0 spiro atoms. The summed E-state index contributed by atoms with van der Waals surface area (Å²) < 4.78 is 5.32. The first-order valence-corrected chi connectivity index (χ1v) is 6.70. The van der Waals surface area contributed by atoms with Crippen LogP contribution >= 0.6 is 0 Å². The Morgan fingerprint density at radius 1 is 1.42 bits per heavy atom. The zero-order valence-corrected chi connectivity index (χ0v) is 11.2. The minimum Gasteiger partial charge on any atom is -0.481 e.